The molecular weight excluding hydrogens is 196 g/mol. The molecule has 0 fully saturated rings. The largest absolute Gasteiger partial charge is 0.343 e. The van der Waals surface area contributed by atoms with E-state index in [9.17, 15) is 4.79 Å². The second-order valence-electron chi connectivity index (χ2n) is 3.80. The second-order valence-corrected chi connectivity index (χ2v) is 5.22. The number of nitrogens with two attached hydrogens (primary N) is 1. The van der Waals surface area contributed by atoms with E-state index < -0.39 is 0 Å². The van der Waals surface area contributed by atoms with Gasteiger partial charge in [0.2, 0.25) is 5.91 Å². The van der Waals surface area contributed by atoms with Gasteiger partial charge in [0.25, 0.3) is 0 Å². The van der Waals surface area contributed by atoms with E-state index in [1.165, 1.54) is 0 Å². The molecule has 0 radical (unpaired) electrons. The van der Waals surface area contributed by atoms with Gasteiger partial charge in [-0.25, -0.2) is 0 Å². The van der Waals surface area contributed by atoms with Crippen molar-refractivity contribution in [3.05, 3.63) is 0 Å². The minimum atomic E-state index is 0.203. The molecule has 0 aromatic carbocycles. The minimum absolute atomic E-state index is 0.203. The van der Waals surface area contributed by atoms with Crippen LogP contribution in [-0.2, 0) is 4.79 Å². The van der Waals surface area contributed by atoms with Gasteiger partial charge >= 0.3 is 0 Å². The molecule has 0 aliphatic rings. The Morgan fingerprint density at radius 1 is 1.43 bits per heavy atom. The molecular formula is C10H22N2OS. The Balaban J connectivity index is 3.73. The summed E-state index contributed by atoms with van der Waals surface area (Å²) in [5.41, 5.74) is 5.44. The molecule has 0 aromatic heterocycles. The number of hydrogen-bond acceptors (Lipinski definition) is 3. The Kier molecular flexibility index (Phi) is 7.01. The summed E-state index contributed by atoms with van der Waals surface area (Å²) in [5.74, 6) is 0.768. The molecule has 14 heavy (non-hydrogen) atoms. The Labute approximate surface area is 91.4 Å². The highest BCUT2D eigenvalue weighted by molar-refractivity contribution is 8.00. The summed E-state index contributed by atoms with van der Waals surface area (Å²) < 4.78 is 0. The second kappa shape index (κ2) is 7.12. The fraction of sp³-hybridized carbons (Fsp3) is 0.900. The minimum Gasteiger partial charge on any atom is -0.343 e. The first-order valence-electron chi connectivity index (χ1n) is 5.06. The number of carbonyl (C=O) groups excluding carboxylic acids is 1. The van der Waals surface area contributed by atoms with E-state index >= 15 is 0 Å². The number of carbonyl (C=O) groups is 1. The predicted octanol–water partition coefficient (Wildman–Crippen LogP) is 1.32. The van der Waals surface area contributed by atoms with E-state index in [0.717, 1.165) is 6.42 Å². The van der Waals surface area contributed by atoms with Crippen LogP contribution in [0.15, 0.2) is 0 Å². The highest BCUT2D eigenvalue weighted by atomic mass is 32.2. The molecule has 1 amide bonds. The van der Waals surface area contributed by atoms with Crippen LogP contribution in [0.25, 0.3) is 0 Å². The first-order chi connectivity index (χ1) is 6.49. The van der Waals surface area contributed by atoms with Gasteiger partial charge in [-0.05, 0) is 26.8 Å². The zero-order valence-corrected chi connectivity index (χ0v) is 10.4. The van der Waals surface area contributed by atoms with Crippen LogP contribution < -0.4 is 5.73 Å². The SMILES string of the molecule is CC(CCN)SCC(=O)N(C)C(C)C. The molecule has 0 heterocycles. The normalized spacial score (nSPS) is 13.0. The molecule has 0 spiro atoms. The molecule has 4 heteroatoms. The number of rotatable bonds is 6. The third-order valence-electron chi connectivity index (χ3n) is 2.23. The van der Waals surface area contributed by atoms with Crippen LogP contribution in [0.4, 0.5) is 0 Å². The Hall–Kier alpha value is -0.220. The summed E-state index contributed by atoms with van der Waals surface area (Å²) in [5, 5.41) is 0.476. The van der Waals surface area contributed by atoms with Crippen LogP contribution in [0.5, 0.6) is 0 Å². The maximum absolute atomic E-state index is 11.6. The van der Waals surface area contributed by atoms with Gasteiger partial charge in [0.15, 0.2) is 0 Å². The van der Waals surface area contributed by atoms with E-state index in [4.69, 9.17) is 5.73 Å². The van der Waals surface area contributed by atoms with Crippen molar-refractivity contribution in [3.8, 4) is 0 Å². The van der Waals surface area contributed by atoms with Gasteiger partial charge in [-0.2, -0.15) is 0 Å². The van der Waals surface area contributed by atoms with Crippen LogP contribution >= 0.6 is 11.8 Å². The lowest BCUT2D eigenvalue weighted by Crippen LogP contribution is -2.34. The average Bonchev–Trinajstić information content (AvgIpc) is 2.13. The Morgan fingerprint density at radius 3 is 2.43 bits per heavy atom. The third-order valence-corrected chi connectivity index (χ3v) is 3.45. The lowest BCUT2D eigenvalue weighted by Gasteiger charge is -2.22. The highest BCUT2D eigenvalue weighted by Gasteiger charge is 2.13. The quantitative estimate of drug-likeness (QED) is 0.731. The van der Waals surface area contributed by atoms with Crippen LogP contribution in [0.3, 0.4) is 0 Å². The zero-order valence-electron chi connectivity index (χ0n) is 9.62. The van der Waals surface area contributed by atoms with Crippen molar-refractivity contribution >= 4 is 17.7 Å². The summed E-state index contributed by atoms with van der Waals surface area (Å²) in [6, 6.07) is 0.285. The first kappa shape index (κ1) is 13.8. The van der Waals surface area contributed by atoms with Crippen molar-refractivity contribution in [3.63, 3.8) is 0 Å². The van der Waals surface area contributed by atoms with Crippen molar-refractivity contribution in [2.24, 2.45) is 5.73 Å². The average molecular weight is 218 g/mol. The molecule has 0 saturated heterocycles. The Morgan fingerprint density at radius 2 is 2.00 bits per heavy atom. The molecule has 0 aliphatic heterocycles. The van der Waals surface area contributed by atoms with E-state index in [1.54, 1.807) is 16.7 Å². The van der Waals surface area contributed by atoms with Crippen LogP contribution in [0.2, 0.25) is 0 Å². The van der Waals surface area contributed by atoms with Crippen LogP contribution in [0, 0.1) is 0 Å². The van der Waals surface area contributed by atoms with E-state index in [1.807, 2.05) is 20.9 Å². The monoisotopic (exact) mass is 218 g/mol. The molecule has 2 N–H and O–H groups in total. The molecule has 0 aromatic rings. The fourth-order valence-corrected chi connectivity index (χ4v) is 1.85. The maximum Gasteiger partial charge on any atom is 0.232 e. The van der Waals surface area contributed by atoms with Gasteiger partial charge in [-0.1, -0.05) is 6.92 Å². The van der Waals surface area contributed by atoms with Crippen LogP contribution in [0.1, 0.15) is 27.2 Å². The van der Waals surface area contributed by atoms with Crippen molar-refractivity contribution in [1.82, 2.24) is 4.90 Å². The molecule has 84 valence electrons. The molecule has 3 nitrogen and oxygen atoms in total. The molecule has 0 bridgehead atoms. The van der Waals surface area contributed by atoms with Gasteiger partial charge < -0.3 is 10.6 Å². The highest BCUT2D eigenvalue weighted by Crippen LogP contribution is 2.14. The lowest BCUT2D eigenvalue weighted by atomic mass is 10.3. The van der Waals surface area contributed by atoms with Crippen LogP contribution in [-0.4, -0.2) is 41.4 Å². The number of thioether (sulfide) groups is 1. The molecule has 1 unspecified atom stereocenters. The van der Waals surface area contributed by atoms with E-state index in [0.29, 0.717) is 17.5 Å². The molecule has 0 rings (SSSR count). The van der Waals surface area contributed by atoms with Crippen molar-refractivity contribution in [2.75, 3.05) is 19.3 Å². The van der Waals surface area contributed by atoms with Crippen molar-refractivity contribution in [1.29, 1.82) is 0 Å². The summed E-state index contributed by atoms with van der Waals surface area (Å²) in [6.45, 7) is 6.85. The van der Waals surface area contributed by atoms with E-state index in [-0.39, 0.29) is 11.9 Å². The predicted molar refractivity (Wildman–Crippen MR) is 63.5 cm³/mol. The van der Waals surface area contributed by atoms with Gasteiger partial charge in [0, 0.05) is 18.3 Å². The van der Waals surface area contributed by atoms with Gasteiger partial charge in [0.1, 0.15) is 0 Å². The third kappa shape index (κ3) is 5.50. The van der Waals surface area contributed by atoms with Crippen molar-refractivity contribution < 1.29 is 4.79 Å². The van der Waals surface area contributed by atoms with Gasteiger partial charge in [-0.3, -0.25) is 4.79 Å². The maximum atomic E-state index is 11.6. The molecule has 1 atom stereocenters. The zero-order chi connectivity index (χ0) is 11.1. The number of nitrogens with zero attached hydrogens (tertiary/aromatic N) is 1. The van der Waals surface area contributed by atoms with Gasteiger partial charge in [-0.15, -0.1) is 11.8 Å². The topological polar surface area (TPSA) is 46.3 Å². The van der Waals surface area contributed by atoms with Crippen molar-refractivity contribution in [2.45, 2.75) is 38.5 Å². The smallest absolute Gasteiger partial charge is 0.232 e. The summed E-state index contributed by atoms with van der Waals surface area (Å²) in [7, 11) is 1.85. The fourth-order valence-electron chi connectivity index (χ4n) is 0.921. The lowest BCUT2D eigenvalue weighted by molar-refractivity contribution is -0.128. The summed E-state index contributed by atoms with van der Waals surface area (Å²) >= 11 is 1.68. The van der Waals surface area contributed by atoms with Gasteiger partial charge in [0.05, 0.1) is 5.75 Å². The first-order valence-corrected chi connectivity index (χ1v) is 6.11. The summed E-state index contributed by atoms with van der Waals surface area (Å²) in [4.78, 5) is 13.3. The Bertz CT molecular complexity index is 174. The number of amides is 1. The number of hydrogen-bond donors (Lipinski definition) is 1. The van der Waals surface area contributed by atoms with E-state index in [2.05, 4.69) is 6.92 Å². The molecule has 0 saturated carbocycles. The summed E-state index contributed by atoms with van der Waals surface area (Å²) in [6.07, 6.45) is 0.976. The standard InChI is InChI=1S/C10H22N2OS/c1-8(2)12(4)10(13)7-14-9(3)5-6-11/h8-9H,5-7,11H2,1-4H3. The molecule has 0 aliphatic carbocycles.